The molecule has 4 rings (SSSR count). The molecule has 0 bridgehead atoms. The second kappa shape index (κ2) is 10.6. The van der Waals surface area contributed by atoms with Crippen LogP contribution in [-0.4, -0.2) is 53.4 Å². The van der Waals surface area contributed by atoms with E-state index in [1.165, 1.54) is 47.8 Å². The molecule has 17 heteroatoms. The van der Waals surface area contributed by atoms with E-state index >= 15 is 0 Å². The predicted molar refractivity (Wildman–Crippen MR) is 131 cm³/mol. The van der Waals surface area contributed by atoms with E-state index in [1.807, 2.05) is 0 Å². The van der Waals surface area contributed by atoms with Crippen molar-refractivity contribution in [3.63, 3.8) is 0 Å². The maximum Gasteiger partial charge on any atom is 0.416 e. The van der Waals surface area contributed by atoms with Gasteiger partial charge in [-0.25, -0.2) is 17.4 Å². The molecule has 0 saturated heterocycles. The first-order valence-electron chi connectivity index (χ1n) is 11.1. The number of hydrogen-bond donors (Lipinski definition) is 0. The maximum atomic E-state index is 13.4. The summed E-state index contributed by atoms with van der Waals surface area (Å²) in [6, 6.07) is 6.37. The molecule has 0 aliphatic carbocycles. The van der Waals surface area contributed by atoms with E-state index in [0.29, 0.717) is 16.4 Å². The van der Waals surface area contributed by atoms with Crippen molar-refractivity contribution in [2.75, 3.05) is 18.5 Å². The van der Waals surface area contributed by atoms with Crippen LogP contribution in [0.15, 0.2) is 64.8 Å². The number of rotatable bonds is 6. The number of nitrogens with zero attached hydrogens (tertiary/aromatic N) is 6. The monoisotopic (exact) mass is 606 g/mol. The molecular formula is C23H17ClF6N6O3S. The molecule has 0 spiro atoms. The number of carbonyl (C=O) groups is 1. The number of carbonyl (C=O) groups excluding carboxylic acids is 1. The lowest BCUT2D eigenvalue weighted by atomic mass is 10.0. The zero-order valence-corrected chi connectivity index (χ0v) is 21.7. The summed E-state index contributed by atoms with van der Waals surface area (Å²) in [6.45, 7) is -0.674. The van der Waals surface area contributed by atoms with Gasteiger partial charge in [0.25, 0.3) is 15.9 Å². The predicted octanol–water partition coefficient (Wildman–Crippen LogP) is 4.84. The molecule has 0 unspecified atom stereocenters. The minimum atomic E-state index is -5.08. The summed E-state index contributed by atoms with van der Waals surface area (Å²) in [4.78, 5) is 18.2. The molecule has 0 radical (unpaired) electrons. The summed E-state index contributed by atoms with van der Waals surface area (Å²) in [7, 11) is -3.55. The second-order valence-electron chi connectivity index (χ2n) is 8.32. The SMILES string of the molecule is CN(C(=O)c1nnn(Cc2cc(C(F)(F)F)cc(C(F)(F)F)c2)c1N1C=CN=CC1)S(=O)(=O)c1ccccc1Cl. The van der Waals surface area contributed by atoms with Crippen molar-refractivity contribution in [3.05, 3.63) is 82.3 Å². The van der Waals surface area contributed by atoms with Crippen molar-refractivity contribution in [1.29, 1.82) is 0 Å². The lowest BCUT2D eigenvalue weighted by molar-refractivity contribution is -0.143. The van der Waals surface area contributed by atoms with Gasteiger partial charge >= 0.3 is 12.4 Å². The van der Waals surface area contributed by atoms with Crippen LogP contribution in [0.4, 0.5) is 32.2 Å². The van der Waals surface area contributed by atoms with Crippen LogP contribution in [0.2, 0.25) is 5.02 Å². The van der Waals surface area contributed by atoms with E-state index in [4.69, 9.17) is 11.6 Å². The van der Waals surface area contributed by atoms with Gasteiger partial charge in [-0.05, 0) is 35.9 Å². The van der Waals surface area contributed by atoms with Gasteiger partial charge in [-0.1, -0.05) is 28.9 Å². The number of amides is 1. The van der Waals surface area contributed by atoms with Crippen LogP contribution in [0.5, 0.6) is 0 Å². The average Bonchev–Trinajstić information content (AvgIpc) is 3.30. The normalized spacial score (nSPS) is 14.1. The number of halogens is 7. The van der Waals surface area contributed by atoms with Gasteiger partial charge in [0.1, 0.15) is 4.90 Å². The summed E-state index contributed by atoms with van der Waals surface area (Å²) >= 11 is 6.00. The number of hydrogen-bond acceptors (Lipinski definition) is 7. The first-order valence-corrected chi connectivity index (χ1v) is 12.9. The number of anilines is 1. The number of aromatic nitrogens is 3. The van der Waals surface area contributed by atoms with Crippen LogP contribution in [0.3, 0.4) is 0 Å². The van der Waals surface area contributed by atoms with Crippen LogP contribution >= 0.6 is 11.6 Å². The van der Waals surface area contributed by atoms with Gasteiger partial charge in [0, 0.05) is 25.7 Å². The Morgan fingerprint density at radius 3 is 2.23 bits per heavy atom. The van der Waals surface area contributed by atoms with Crippen molar-refractivity contribution in [2.24, 2.45) is 4.99 Å². The molecule has 1 aliphatic rings. The molecule has 1 amide bonds. The molecule has 2 aromatic carbocycles. The zero-order chi connectivity index (χ0) is 29.5. The summed E-state index contributed by atoms with van der Waals surface area (Å²) in [5, 5.41) is 7.34. The van der Waals surface area contributed by atoms with Gasteiger partial charge in [-0.3, -0.25) is 9.79 Å². The Kier molecular flexibility index (Phi) is 7.68. The van der Waals surface area contributed by atoms with Gasteiger partial charge < -0.3 is 4.90 Å². The van der Waals surface area contributed by atoms with Crippen LogP contribution in [0.25, 0.3) is 0 Å². The first-order chi connectivity index (χ1) is 18.6. The number of benzene rings is 2. The highest BCUT2D eigenvalue weighted by Gasteiger charge is 2.38. The Hall–Kier alpha value is -3.92. The van der Waals surface area contributed by atoms with Gasteiger partial charge in [-0.15, -0.1) is 5.10 Å². The van der Waals surface area contributed by atoms with Gasteiger partial charge in [0.2, 0.25) is 0 Å². The van der Waals surface area contributed by atoms with Crippen LogP contribution in [0, 0.1) is 0 Å². The fourth-order valence-corrected chi connectivity index (χ4v) is 5.31. The van der Waals surface area contributed by atoms with Gasteiger partial charge in [0.15, 0.2) is 11.5 Å². The van der Waals surface area contributed by atoms with E-state index in [1.54, 1.807) is 0 Å². The van der Waals surface area contributed by atoms with E-state index in [-0.39, 0.29) is 28.3 Å². The minimum absolute atomic E-state index is 0.00151. The van der Waals surface area contributed by atoms with Gasteiger partial charge in [-0.2, -0.15) is 26.3 Å². The fraction of sp³-hybridized carbons (Fsp3) is 0.217. The van der Waals surface area contributed by atoms with Crippen molar-refractivity contribution < 1.29 is 39.6 Å². The third-order valence-corrected chi connectivity index (χ3v) is 7.88. The van der Waals surface area contributed by atoms with E-state index < -0.39 is 57.2 Å². The summed E-state index contributed by atoms with van der Waals surface area (Å²) < 4.78 is 108. The number of alkyl halides is 6. The van der Waals surface area contributed by atoms with Crippen molar-refractivity contribution in [3.8, 4) is 0 Å². The molecule has 1 aromatic heterocycles. The maximum absolute atomic E-state index is 13.4. The summed E-state index contributed by atoms with van der Waals surface area (Å²) in [6.07, 6.45) is -6.12. The highest BCUT2D eigenvalue weighted by molar-refractivity contribution is 7.89. The quantitative estimate of drug-likeness (QED) is 0.372. The lowest BCUT2D eigenvalue weighted by Crippen LogP contribution is -2.35. The minimum Gasteiger partial charge on any atom is -0.324 e. The van der Waals surface area contributed by atoms with Gasteiger partial charge in [0.05, 0.1) is 29.2 Å². The summed E-state index contributed by atoms with van der Waals surface area (Å²) in [5.74, 6) is -1.38. The van der Waals surface area contributed by atoms with Crippen LogP contribution in [-0.2, 0) is 28.9 Å². The van der Waals surface area contributed by atoms with Crippen LogP contribution in [0.1, 0.15) is 27.2 Å². The molecule has 212 valence electrons. The van der Waals surface area contributed by atoms with E-state index in [2.05, 4.69) is 15.3 Å². The highest BCUT2D eigenvalue weighted by Crippen LogP contribution is 2.37. The van der Waals surface area contributed by atoms with Crippen molar-refractivity contribution in [1.82, 2.24) is 19.3 Å². The Morgan fingerprint density at radius 2 is 1.68 bits per heavy atom. The Bertz CT molecular complexity index is 1590. The van der Waals surface area contributed by atoms with Crippen molar-refractivity contribution in [2.45, 2.75) is 23.8 Å². The van der Waals surface area contributed by atoms with Crippen LogP contribution < -0.4 is 4.90 Å². The lowest BCUT2D eigenvalue weighted by Gasteiger charge is -2.23. The summed E-state index contributed by atoms with van der Waals surface area (Å²) in [5.41, 5.74) is -4.06. The molecule has 9 nitrogen and oxygen atoms in total. The fourth-order valence-electron chi connectivity index (χ4n) is 3.71. The first kappa shape index (κ1) is 29.1. The smallest absolute Gasteiger partial charge is 0.324 e. The molecule has 1 aliphatic heterocycles. The number of sulfonamides is 1. The molecule has 0 N–H and O–H groups in total. The number of aliphatic imine (C=N–C) groups is 1. The molecule has 0 fully saturated rings. The second-order valence-corrected chi connectivity index (χ2v) is 10.7. The molecule has 0 saturated carbocycles. The molecule has 3 aromatic rings. The third kappa shape index (κ3) is 5.82. The standard InChI is InChI=1S/C23H17ClF6N6O3S/c1-34(40(38,39)18-5-3-2-4-17(18)24)21(37)19-20(35-8-6-31-7-9-35)36(33-32-19)13-14-10-15(22(25,26)27)12-16(11-14)23(28,29)30/h2-8,10-12H,9,13H2,1H3. The third-order valence-electron chi connectivity index (χ3n) is 5.64. The molecule has 2 heterocycles. The Morgan fingerprint density at radius 1 is 1.05 bits per heavy atom. The average molecular weight is 607 g/mol. The zero-order valence-electron chi connectivity index (χ0n) is 20.1. The largest absolute Gasteiger partial charge is 0.416 e. The molecule has 40 heavy (non-hydrogen) atoms. The van der Waals surface area contributed by atoms with E-state index in [9.17, 15) is 39.6 Å². The molecule has 0 atom stereocenters. The van der Waals surface area contributed by atoms with Crippen molar-refractivity contribution >= 4 is 39.6 Å². The highest BCUT2D eigenvalue weighted by atomic mass is 35.5. The van der Waals surface area contributed by atoms with E-state index in [0.717, 1.165) is 11.7 Å². The Labute approximate surface area is 228 Å². The molecular weight excluding hydrogens is 590 g/mol. The Balaban J connectivity index is 1.79. The topological polar surface area (TPSA) is 101 Å².